The summed E-state index contributed by atoms with van der Waals surface area (Å²) >= 11 is 0. The predicted molar refractivity (Wildman–Crippen MR) is 82.9 cm³/mol. The molecule has 0 saturated heterocycles. The number of nitrogens with zero attached hydrogens (tertiary/aromatic N) is 3. The summed E-state index contributed by atoms with van der Waals surface area (Å²) in [5.41, 5.74) is 8.11. The predicted octanol–water partition coefficient (Wildman–Crippen LogP) is 0.489. The quantitative estimate of drug-likeness (QED) is 0.793. The molecule has 0 aromatic carbocycles. The van der Waals surface area contributed by atoms with Gasteiger partial charge in [-0.1, -0.05) is 6.92 Å². The number of rotatable bonds is 7. The summed E-state index contributed by atoms with van der Waals surface area (Å²) in [5.74, 6) is 1.09. The third kappa shape index (κ3) is 4.49. The van der Waals surface area contributed by atoms with Crippen LogP contribution in [0.3, 0.4) is 0 Å². The molecule has 1 unspecified atom stereocenters. The molecule has 0 spiro atoms. The van der Waals surface area contributed by atoms with Gasteiger partial charge in [-0.2, -0.15) is 5.10 Å². The smallest absolute Gasteiger partial charge is 0.149 e. The second kappa shape index (κ2) is 6.58. The van der Waals surface area contributed by atoms with Gasteiger partial charge in [0.1, 0.15) is 15.7 Å². The molecule has 1 rings (SSSR count). The van der Waals surface area contributed by atoms with E-state index in [1.54, 1.807) is 4.68 Å². The van der Waals surface area contributed by atoms with Crippen LogP contribution in [0.2, 0.25) is 0 Å². The summed E-state index contributed by atoms with van der Waals surface area (Å²) < 4.78 is 24.4. The molecule has 0 aliphatic carbocycles. The van der Waals surface area contributed by atoms with Gasteiger partial charge in [-0.05, 0) is 19.8 Å². The number of hydrogen-bond acceptors (Lipinski definition) is 5. The third-order valence-corrected chi connectivity index (χ3v) is 4.39. The van der Waals surface area contributed by atoms with Crippen molar-refractivity contribution < 1.29 is 8.42 Å². The molecule has 0 fully saturated rings. The van der Waals surface area contributed by atoms with E-state index in [-0.39, 0.29) is 11.8 Å². The molecular weight excluding hydrogens is 276 g/mol. The number of nitrogens with two attached hydrogens (primary N) is 1. The van der Waals surface area contributed by atoms with E-state index in [1.807, 2.05) is 25.9 Å². The Hall–Kier alpha value is -1.08. The topological polar surface area (TPSA) is 81.2 Å². The highest BCUT2D eigenvalue weighted by molar-refractivity contribution is 7.90. The lowest BCUT2D eigenvalue weighted by atomic mass is 10.0. The fourth-order valence-electron chi connectivity index (χ4n) is 2.22. The molecule has 0 saturated carbocycles. The second-order valence-corrected chi connectivity index (χ2v) is 7.69. The van der Waals surface area contributed by atoms with Crippen LogP contribution in [0.4, 0.5) is 5.82 Å². The highest BCUT2D eigenvalue weighted by atomic mass is 32.2. The van der Waals surface area contributed by atoms with Crippen molar-refractivity contribution in [2.24, 2.45) is 12.8 Å². The Morgan fingerprint density at radius 2 is 2.05 bits per heavy atom. The second-order valence-electron chi connectivity index (χ2n) is 5.44. The van der Waals surface area contributed by atoms with Crippen molar-refractivity contribution in [1.82, 2.24) is 9.78 Å². The van der Waals surface area contributed by atoms with E-state index in [0.717, 1.165) is 29.9 Å². The van der Waals surface area contributed by atoms with Crippen molar-refractivity contribution in [1.29, 1.82) is 0 Å². The van der Waals surface area contributed by atoms with Crippen LogP contribution in [0.25, 0.3) is 0 Å². The van der Waals surface area contributed by atoms with E-state index >= 15 is 0 Å². The fourth-order valence-corrected chi connectivity index (χ4v) is 2.83. The zero-order valence-corrected chi connectivity index (χ0v) is 13.9. The van der Waals surface area contributed by atoms with Crippen LogP contribution in [0.1, 0.15) is 24.6 Å². The molecule has 0 aliphatic heterocycles. The first-order valence-electron chi connectivity index (χ1n) is 6.82. The number of anilines is 1. The van der Waals surface area contributed by atoms with Crippen molar-refractivity contribution in [3.8, 4) is 0 Å². The van der Waals surface area contributed by atoms with Crippen LogP contribution in [0, 0.1) is 6.92 Å². The maximum atomic E-state index is 11.3. The van der Waals surface area contributed by atoms with E-state index < -0.39 is 9.84 Å². The largest absolute Gasteiger partial charge is 0.359 e. The van der Waals surface area contributed by atoms with Crippen molar-refractivity contribution >= 4 is 15.7 Å². The summed E-state index contributed by atoms with van der Waals surface area (Å²) in [6, 6.07) is 0.0972. The van der Waals surface area contributed by atoms with E-state index in [0.29, 0.717) is 6.54 Å². The number of sulfone groups is 1. The average Bonchev–Trinajstić information content (AvgIpc) is 2.60. The summed E-state index contributed by atoms with van der Waals surface area (Å²) in [5, 5.41) is 4.43. The Labute approximate surface area is 121 Å². The molecule has 0 bridgehead atoms. The summed E-state index contributed by atoms with van der Waals surface area (Å²) in [6.45, 7) is 4.47. The molecule has 7 heteroatoms. The van der Waals surface area contributed by atoms with Crippen LogP contribution in [-0.4, -0.2) is 49.8 Å². The molecule has 0 amide bonds. The maximum Gasteiger partial charge on any atom is 0.149 e. The van der Waals surface area contributed by atoms with Gasteiger partial charge in [-0.3, -0.25) is 4.68 Å². The standard InChI is InChI=1S/C13H26N4O2S/c1-6-11(14)9-12-10(2)15-17(4)13(12)16(3)7-8-20(5,18)19/h11H,6-9,14H2,1-5H3. The fraction of sp³-hybridized carbons (Fsp3) is 0.769. The Bertz CT molecular complexity index is 551. The molecule has 116 valence electrons. The highest BCUT2D eigenvalue weighted by Gasteiger charge is 2.19. The van der Waals surface area contributed by atoms with E-state index in [2.05, 4.69) is 12.0 Å². The Morgan fingerprint density at radius 3 is 2.55 bits per heavy atom. The Kier molecular flexibility index (Phi) is 5.59. The minimum atomic E-state index is -2.97. The normalized spacial score (nSPS) is 13.5. The van der Waals surface area contributed by atoms with Gasteiger partial charge in [0.2, 0.25) is 0 Å². The molecule has 1 heterocycles. The Balaban J connectivity index is 2.98. The first kappa shape index (κ1) is 17.0. The van der Waals surface area contributed by atoms with E-state index in [4.69, 9.17) is 5.73 Å². The summed E-state index contributed by atoms with van der Waals surface area (Å²) in [7, 11) is 0.797. The van der Waals surface area contributed by atoms with Gasteiger partial charge in [-0.15, -0.1) is 0 Å². The SMILES string of the molecule is CCC(N)Cc1c(C)nn(C)c1N(C)CCS(C)(=O)=O. The van der Waals surface area contributed by atoms with Gasteiger partial charge in [0, 0.05) is 38.5 Å². The van der Waals surface area contributed by atoms with Crippen molar-refractivity contribution in [2.45, 2.75) is 32.7 Å². The van der Waals surface area contributed by atoms with Gasteiger partial charge < -0.3 is 10.6 Å². The first-order chi connectivity index (χ1) is 9.15. The molecule has 0 aliphatic rings. The van der Waals surface area contributed by atoms with Crippen molar-refractivity contribution in [3.63, 3.8) is 0 Å². The number of aryl methyl sites for hydroxylation is 2. The van der Waals surface area contributed by atoms with Gasteiger partial charge in [0.15, 0.2) is 0 Å². The lowest BCUT2D eigenvalue weighted by Crippen LogP contribution is -2.29. The van der Waals surface area contributed by atoms with Gasteiger partial charge >= 0.3 is 0 Å². The minimum Gasteiger partial charge on any atom is -0.359 e. The lowest BCUT2D eigenvalue weighted by molar-refractivity contribution is 0.600. The zero-order valence-electron chi connectivity index (χ0n) is 13.0. The maximum absolute atomic E-state index is 11.3. The van der Waals surface area contributed by atoms with Gasteiger partial charge in [0.05, 0.1) is 11.4 Å². The van der Waals surface area contributed by atoms with Crippen molar-refractivity contribution in [2.75, 3.05) is 30.5 Å². The molecule has 1 aromatic heterocycles. The molecule has 1 aromatic rings. The summed E-state index contributed by atoms with van der Waals surface area (Å²) in [4.78, 5) is 1.94. The van der Waals surface area contributed by atoms with Crippen LogP contribution in [-0.2, 0) is 23.3 Å². The van der Waals surface area contributed by atoms with Crippen LogP contribution in [0.5, 0.6) is 0 Å². The third-order valence-electron chi connectivity index (χ3n) is 3.46. The highest BCUT2D eigenvalue weighted by Crippen LogP contribution is 2.23. The van der Waals surface area contributed by atoms with Crippen LogP contribution in [0.15, 0.2) is 0 Å². The van der Waals surface area contributed by atoms with E-state index in [1.165, 1.54) is 6.26 Å². The minimum absolute atomic E-state index is 0.0972. The van der Waals surface area contributed by atoms with Gasteiger partial charge in [-0.25, -0.2) is 8.42 Å². The van der Waals surface area contributed by atoms with E-state index in [9.17, 15) is 8.42 Å². The molecule has 20 heavy (non-hydrogen) atoms. The number of aromatic nitrogens is 2. The molecule has 0 radical (unpaired) electrons. The van der Waals surface area contributed by atoms with Crippen LogP contribution < -0.4 is 10.6 Å². The molecule has 1 atom stereocenters. The van der Waals surface area contributed by atoms with Crippen molar-refractivity contribution in [3.05, 3.63) is 11.3 Å². The first-order valence-corrected chi connectivity index (χ1v) is 8.88. The monoisotopic (exact) mass is 302 g/mol. The zero-order chi connectivity index (χ0) is 15.5. The lowest BCUT2D eigenvalue weighted by Gasteiger charge is -2.21. The Morgan fingerprint density at radius 1 is 1.45 bits per heavy atom. The van der Waals surface area contributed by atoms with Gasteiger partial charge in [0.25, 0.3) is 0 Å². The number of hydrogen-bond donors (Lipinski definition) is 1. The molecular formula is C13H26N4O2S. The molecule has 2 N–H and O–H groups in total. The van der Waals surface area contributed by atoms with Crippen LogP contribution >= 0.6 is 0 Å². The average molecular weight is 302 g/mol. The summed E-state index contributed by atoms with van der Waals surface area (Å²) in [6.07, 6.45) is 2.92. The molecule has 6 nitrogen and oxygen atoms in total.